The van der Waals surface area contributed by atoms with Gasteiger partial charge in [-0.3, -0.25) is 0 Å². The van der Waals surface area contributed by atoms with Gasteiger partial charge in [0.15, 0.2) is 0 Å². The third kappa shape index (κ3) is 1.57. The fourth-order valence-electron chi connectivity index (χ4n) is 3.32. The molecule has 0 saturated carbocycles. The standard InChI is InChI=1S/C21H13N/c1-3-7-17-14(5-1)11-12-20-19(17)13-16-10-9-15-6-2-4-8-18(15)21(16)22-20/h1-13H. The Labute approximate surface area is 127 Å². The number of aromatic nitrogens is 1. The molecule has 0 aliphatic rings. The van der Waals surface area contributed by atoms with Gasteiger partial charge in [0.25, 0.3) is 0 Å². The van der Waals surface area contributed by atoms with Crippen LogP contribution in [-0.2, 0) is 0 Å². The van der Waals surface area contributed by atoms with Crippen molar-refractivity contribution in [2.24, 2.45) is 0 Å². The molecule has 0 amide bonds. The van der Waals surface area contributed by atoms with Gasteiger partial charge in [-0.05, 0) is 28.3 Å². The number of benzene rings is 4. The molecule has 0 fully saturated rings. The summed E-state index contributed by atoms with van der Waals surface area (Å²) in [6.45, 7) is 0. The zero-order chi connectivity index (χ0) is 14.5. The molecule has 1 heteroatoms. The van der Waals surface area contributed by atoms with Crippen molar-refractivity contribution in [1.29, 1.82) is 0 Å². The molecule has 0 atom stereocenters. The molecular formula is C21H13N. The van der Waals surface area contributed by atoms with E-state index < -0.39 is 0 Å². The highest BCUT2D eigenvalue weighted by atomic mass is 14.7. The van der Waals surface area contributed by atoms with E-state index in [9.17, 15) is 0 Å². The van der Waals surface area contributed by atoms with E-state index in [1.165, 1.54) is 32.3 Å². The van der Waals surface area contributed by atoms with E-state index in [2.05, 4.69) is 78.9 Å². The smallest absolute Gasteiger partial charge is 0.0788 e. The van der Waals surface area contributed by atoms with E-state index >= 15 is 0 Å². The van der Waals surface area contributed by atoms with E-state index in [1.54, 1.807) is 0 Å². The van der Waals surface area contributed by atoms with Gasteiger partial charge < -0.3 is 0 Å². The molecule has 0 unspecified atom stereocenters. The van der Waals surface area contributed by atoms with Gasteiger partial charge in [0.1, 0.15) is 0 Å². The fraction of sp³-hybridized carbons (Fsp3) is 0. The van der Waals surface area contributed by atoms with Crippen molar-refractivity contribution in [2.45, 2.75) is 0 Å². The van der Waals surface area contributed by atoms with Gasteiger partial charge in [0.05, 0.1) is 11.0 Å². The van der Waals surface area contributed by atoms with E-state index in [0.29, 0.717) is 0 Å². The molecule has 22 heavy (non-hydrogen) atoms. The van der Waals surface area contributed by atoms with Crippen LogP contribution >= 0.6 is 0 Å². The first kappa shape index (κ1) is 11.7. The van der Waals surface area contributed by atoms with Crippen LogP contribution in [-0.4, -0.2) is 4.98 Å². The maximum Gasteiger partial charge on any atom is 0.0788 e. The Kier molecular flexibility index (Phi) is 2.28. The lowest BCUT2D eigenvalue weighted by molar-refractivity contribution is 1.52. The van der Waals surface area contributed by atoms with E-state index in [-0.39, 0.29) is 0 Å². The molecule has 0 aliphatic carbocycles. The second kappa shape index (κ2) is 4.28. The van der Waals surface area contributed by atoms with Crippen LogP contribution in [0, 0.1) is 0 Å². The van der Waals surface area contributed by atoms with Crippen molar-refractivity contribution in [1.82, 2.24) is 4.98 Å². The summed E-state index contributed by atoms with van der Waals surface area (Å²) < 4.78 is 0. The fourth-order valence-corrected chi connectivity index (χ4v) is 3.32. The van der Waals surface area contributed by atoms with Crippen molar-refractivity contribution in [2.75, 3.05) is 0 Å². The molecule has 0 bridgehead atoms. The lowest BCUT2D eigenvalue weighted by Crippen LogP contribution is -1.86. The molecule has 0 saturated heterocycles. The second-order valence-corrected chi connectivity index (χ2v) is 5.70. The number of rotatable bonds is 0. The van der Waals surface area contributed by atoms with Crippen LogP contribution in [0.25, 0.3) is 43.4 Å². The van der Waals surface area contributed by atoms with Crippen LogP contribution in [0.3, 0.4) is 0 Å². The first-order valence-electron chi connectivity index (χ1n) is 7.50. The van der Waals surface area contributed by atoms with Gasteiger partial charge in [-0.2, -0.15) is 0 Å². The topological polar surface area (TPSA) is 12.9 Å². The summed E-state index contributed by atoms with van der Waals surface area (Å²) in [5, 5.41) is 7.40. The third-order valence-corrected chi connectivity index (χ3v) is 4.41. The zero-order valence-electron chi connectivity index (χ0n) is 12.0. The summed E-state index contributed by atoms with van der Waals surface area (Å²) in [4.78, 5) is 4.96. The number of nitrogens with zero attached hydrogens (tertiary/aromatic N) is 1. The molecule has 0 radical (unpaired) electrons. The molecule has 4 aromatic carbocycles. The molecule has 1 aromatic heterocycles. The average molecular weight is 279 g/mol. The largest absolute Gasteiger partial charge is 0.247 e. The quantitative estimate of drug-likeness (QED) is 0.262. The first-order valence-corrected chi connectivity index (χ1v) is 7.50. The minimum absolute atomic E-state index is 1.06. The molecule has 0 N–H and O–H groups in total. The van der Waals surface area contributed by atoms with Crippen molar-refractivity contribution in [3.63, 3.8) is 0 Å². The Hall–Kier alpha value is -2.93. The van der Waals surface area contributed by atoms with Crippen molar-refractivity contribution in [3.05, 3.63) is 78.9 Å². The van der Waals surface area contributed by atoms with Crippen molar-refractivity contribution >= 4 is 43.4 Å². The summed E-state index contributed by atoms with van der Waals surface area (Å²) in [6.07, 6.45) is 0. The van der Waals surface area contributed by atoms with Crippen LogP contribution in [0.2, 0.25) is 0 Å². The lowest BCUT2D eigenvalue weighted by atomic mass is 10.0. The van der Waals surface area contributed by atoms with Crippen molar-refractivity contribution in [3.8, 4) is 0 Å². The maximum atomic E-state index is 4.96. The Morgan fingerprint density at radius 3 is 2.00 bits per heavy atom. The molecule has 0 spiro atoms. The van der Waals surface area contributed by atoms with E-state index in [4.69, 9.17) is 4.98 Å². The Bertz CT molecular complexity index is 1080. The van der Waals surface area contributed by atoms with Crippen LogP contribution in [0.5, 0.6) is 0 Å². The molecule has 1 heterocycles. The van der Waals surface area contributed by atoms with E-state index in [0.717, 1.165) is 11.0 Å². The number of hydrogen-bond donors (Lipinski definition) is 0. The summed E-state index contributed by atoms with van der Waals surface area (Å²) >= 11 is 0. The maximum absolute atomic E-state index is 4.96. The second-order valence-electron chi connectivity index (χ2n) is 5.70. The van der Waals surface area contributed by atoms with Crippen LogP contribution in [0.4, 0.5) is 0 Å². The van der Waals surface area contributed by atoms with Crippen molar-refractivity contribution < 1.29 is 0 Å². The van der Waals surface area contributed by atoms with Gasteiger partial charge in [0, 0.05) is 16.2 Å². The van der Waals surface area contributed by atoms with E-state index in [1.807, 2.05) is 0 Å². The molecule has 5 aromatic rings. The summed E-state index contributed by atoms with van der Waals surface area (Å²) in [6, 6.07) is 27.8. The van der Waals surface area contributed by atoms with Gasteiger partial charge in [0.2, 0.25) is 0 Å². The van der Waals surface area contributed by atoms with Crippen LogP contribution in [0.15, 0.2) is 78.9 Å². The molecular weight excluding hydrogens is 266 g/mol. The van der Waals surface area contributed by atoms with Gasteiger partial charge in [-0.15, -0.1) is 0 Å². The minimum atomic E-state index is 1.06. The van der Waals surface area contributed by atoms with Crippen LogP contribution < -0.4 is 0 Å². The Morgan fingerprint density at radius 2 is 1.14 bits per heavy atom. The molecule has 1 nitrogen and oxygen atoms in total. The first-order chi connectivity index (χ1) is 10.9. The highest BCUT2D eigenvalue weighted by Gasteiger charge is 2.06. The Balaban J connectivity index is 2.02. The summed E-state index contributed by atoms with van der Waals surface area (Å²) in [7, 11) is 0. The predicted molar refractivity (Wildman–Crippen MR) is 94.3 cm³/mol. The monoisotopic (exact) mass is 279 g/mol. The summed E-state index contributed by atoms with van der Waals surface area (Å²) in [5.74, 6) is 0. The van der Waals surface area contributed by atoms with Gasteiger partial charge in [-0.25, -0.2) is 4.98 Å². The third-order valence-electron chi connectivity index (χ3n) is 4.41. The Morgan fingerprint density at radius 1 is 0.500 bits per heavy atom. The van der Waals surface area contributed by atoms with Gasteiger partial charge in [-0.1, -0.05) is 66.7 Å². The SMILES string of the molecule is c1ccc2c(c1)ccc1nc3c(ccc4ccccc43)cc12. The number of pyridine rings is 1. The highest BCUT2D eigenvalue weighted by Crippen LogP contribution is 2.30. The molecule has 5 rings (SSSR count). The highest BCUT2D eigenvalue weighted by molar-refractivity contribution is 6.13. The van der Waals surface area contributed by atoms with Crippen LogP contribution in [0.1, 0.15) is 0 Å². The number of fused-ring (bicyclic) bond motifs is 6. The van der Waals surface area contributed by atoms with Gasteiger partial charge >= 0.3 is 0 Å². The predicted octanol–water partition coefficient (Wildman–Crippen LogP) is 5.69. The zero-order valence-corrected chi connectivity index (χ0v) is 12.0. The molecule has 102 valence electrons. The molecule has 0 aliphatic heterocycles. The lowest BCUT2D eigenvalue weighted by Gasteiger charge is -2.07. The summed E-state index contributed by atoms with van der Waals surface area (Å²) in [5.41, 5.74) is 2.14. The number of hydrogen-bond acceptors (Lipinski definition) is 1. The normalized spacial score (nSPS) is 11.6. The minimum Gasteiger partial charge on any atom is -0.247 e. The average Bonchev–Trinajstić information content (AvgIpc) is 2.60.